The quantitative estimate of drug-likeness (QED) is 0.666. The number of ether oxygens (including phenoxy) is 1. The molecule has 0 aliphatic heterocycles. The van der Waals surface area contributed by atoms with Crippen molar-refractivity contribution in [3.63, 3.8) is 0 Å². The first kappa shape index (κ1) is 13.0. The number of carboxylic acid groups (broad SMARTS) is 1. The van der Waals surface area contributed by atoms with Gasteiger partial charge in [-0.1, -0.05) is 18.2 Å². The van der Waals surface area contributed by atoms with Crippen LogP contribution in [0.2, 0.25) is 0 Å². The summed E-state index contributed by atoms with van der Waals surface area (Å²) >= 11 is 6.49. The maximum Gasteiger partial charge on any atom is 0.331 e. The number of hydrogen-bond acceptors (Lipinski definition) is 2. The van der Waals surface area contributed by atoms with E-state index in [1.807, 2.05) is 24.3 Å². The van der Waals surface area contributed by atoms with Gasteiger partial charge < -0.3 is 9.84 Å². The SMILES string of the molecule is O=C(O)C=COc1ccccc1C=C(Br)Br. The molecule has 16 heavy (non-hydrogen) atoms. The summed E-state index contributed by atoms with van der Waals surface area (Å²) in [5, 5.41) is 8.41. The van der Waals surface area contributed by atoms with Crippen LogP contribution in [0.4, 0.5) is 0 Å². The third kappa shape index (κ3) is 4.63. The molecule has 84 valence electrons. The average Bonchev–Trinajstić information content (AvgIpc) is 2.19. The fourth-order valence-electron chi connectivity index (χ4n) is 0.990. The van der Waals surface area contributed by atoms with Crippen LogP contribution in [0.3, 0.4) is 0 Å². The van der Waals surface area contributed by atoms with Gasteiger partial charge in [-0.15, -0.1) is 0 Å². The van der Waals surface area contributed by atoms with Gasteiger partial charge in [0, 0.05) is 5.56 Å². The minimum Gasteiger partial charge on any atom is -0.478 e. The molecule has 0 aromatic heterocycles. The molecule has 1 rings (SSSR count). The second-order valence-electron chi connectivity index (χ2n) is 2.73. The summed E-state index contributed by atoms with van der Waals surface area (Å²) in [4.78, 5) is 10.3. The number of aliphatic carboxylic acids is 1. The standard InChI is InChI=1S/C11H8Br2O3/c12-10(13)7-8-3-1-2-4-9(8)16-6-5-11(14)15/h1-7H,(H,14,15). The minimum atomic E-state index is -1.05. The predicted molar refractivity (Wildman–Crippen MR) is 69.7 cm³/mol. The first-order chi connectivity index (χ1) is 7.59. The zero-order valence-electron chi connectivity index (χ0n) is 8.06. The Morgan fingerprint density at radius 2 is 2.00 bits per heavy atom. The van der Waals surface area contributed by atoms with Crippen LogP contribution in [0.1, 0.15) is 5.56 Å². The van der Waals surface area contributed by atoms with E-state index in [2.05, 4.69) is 31.9 Å². The largest absolute Gasteiger partial charge is 0.478 e. The molecule has 5 heteroatoms. The maximum absolute atomic E-state index is 10.3. The third-order valence-electron chi connectivity index (χ3n) is 1.59. The molecule has 0 atom stereocenters. The van der Waals surface area contributed by atoms with Crippen molar-refractivity contribution in [2.75, 3.05) is 0 Å². The number of hydrogen-bond donors (Lipinski definition) is 1. The van der Waals surface area contributed by atoms with Crippen LogP contribution in [0.15, 0.2) is 40.0 Å². The Morgan fingerprint density at radius 3 is 2.62 bits per heavy atom. The number of benzene rings is 1. The van der Waals surface area contributed by atoms with Gasteiger partial charge >= 0.3 is 5.97 Å². The van der Waals surface area contributed by atoms with E-state index in [1.165, 1.54) is 0 Å². The van der Waals surface area contributed by atoms with E-state index in [9.17, 15) is 4.79 Å². The van der Waals surface area contributed by atoms with E-state index in [-0.39, 0.29) is 0 Å². The van der Waals surface area contributed by atoms with Crippen molar-refractivity contribution in [3.8, 4) is 5.75 Å². The van der Waals surface area contributed by atoms with Crippen LogP contribution >= 0.6 is 31.9 Å². The number of halogens is 2. The second kappa shape index (κ2) is 6.50. The van der Waals surface area contributed by atoms with Crippen molar-refractivity contribution < 1.29 is 14.6 Å². The number of rotatable bonds is 4. The third-order valence-corrected chi connectivity index (χ3v) is 2.05. The van der Waals surface area contributed by atoms with Crippen molar-refractivity contribution in [2.24, 2.45) is 0 Å². The summed E-state index contributed by atoms with van der Waals surface area (Å²) in [6.07, 6.45) is 3.88. The average molecular weight is 348 g/mol. The Morgan fingerprint density at radius 1 is 1.31 bits per heavy atom. The molecule has 1 aromatic carbocycles. The molecule has 0 fully saturated rings. The second-order valence-corrected chi connectivity index (χ2v) is 5.50. The van der Waals surface area contributed by atoms with E-state index in [4.69, 9.17) is 9.84 Å². The van der Waals surface area contributed by atoms with E-state index < -0.39 is 5.97 Å². The highest BCUT2D eigenvalue weighted by atomic mass is 79.9. The van der Waals surface area contributed by atoms with Crippen molar-refractivity contribution in [1.82, 2.24) is 0 Å². The highest BCUT2D eigenvalue weighted by molar-refractivity contribution is 9.28. The van der Waals surface area contributed by atoms with Crippen molar-refractivity contribution in [1.29, 1.82) is 0 Å². The van der Waals surface area contributed by atoms with E-state index in [0.29, 0.717) is 5.75 Å². The fraction of sp³-hybridized carbons (Fsp3) is 0. The Bertz CT molecular complexity index is 435. The molecule has 0 aliphatic rings. The highest BCUT2D eigenvalue weighted by Crippen LogP contribution is 2.25. The molecular formula is C11H8Br2O3. The van der Waals surface area contributed by atoms with Gasteiger partial charge in [0.2, 0.25) is 0 Å². The fourth-order valence-corrected chi connectivity index (χ4v) is 1.48. The monoisotopic (exact) mass is 346 g/mol. The zero-order valence-corrected chi connectivity index (χ0v) is 11.2. The number of carboxylic acids is 1. The molecule has 0 unspecified atom stereocenters. The zero-order chi connectivity index (χ0) is 12.0. The lowest BCUT2D eigenvalue weighted by Gasteiger charge is -2.03. The van der Waals surface area contributed by atoms with Crippen LogP contribution in [-0.2, 0) is 4.79 Å². The van der Waals surface area contributed by atoms with Gasteiger partial charge in [-0.25, -0.2) is 4.79 Å². The van der Waals surface area contributed by atoms with Crippen LogP contribution in [-0.4, -0.2) is 11.1 Å². The molecule has 1 N–H and O–H groups in total. The van der Waals surface area contributed by atoms with E-state index in [1.54, 1.807) is 6.07 Å². The lowest BCUT2D eigenvalue weighted by Crippen LogP contribution is -1.90. The predicted octanol–water partition coefficient (Wildman–Crippen LogP) is 3.75. The maximum atomic E-state index is 10.3. The first-order valence-corrected chi connectivity index (χ1v) is 5.86. The Kier molecular flexibility index (Phi) is 5.28. The summed E-state index contributed by atoms with van der Waals surface area (Å²) in [5.41, 5.74) is 0.835. The van der Waals surface area contributed by atoms with Crippen molar-refractivity contribution in [2.45, 2.75) is 0 Å². The molecule has 1 aromatic rings. The van der Waals surface area contributed by atoms with E-state index in [0.717, 1.165) is 21.3 Å². The van der Waals surface area contributed by atoms with Crippen molar-refractivity contribution in [3.05, 3.63) is 45.6 Å². The van der Waals surface area contributed by atoms with Crippen LogP contribution in [0.5, 0.6) is 5.75 Å². The van der Waals surface area contributed by atoms with Gasteiger partial charge in [0.15, 0.2) is 0 Å². The molecule has 0 radical (unpaired) electrons. The molecule has 0 saturated heterocycles. The van der Waals surface area contributed by atoms with E-state index >= 15 is 0 Å². The summed E-state index contributed by atoms with van der Waals surface area (Å²) in [6, 6.07) is 7.28. The molecule has 0 bridgehead atoms. The smallest absolute Gasteiger partial charge is 0.331 e. The summed E-state index contributed by atoms with van der Waals surface area (Å²) in [5.74, 6) is -0.467. The summed E-state index contributed by atoms with van der Waals surface area (Å²) in [6.45, 7) is 0. The van der Waals surface area contributed by atoms with Gasteiger partial charge in [-0.3, -0.25) is 0 Å². The normalized spacial score (nSPS) is 10.1. The summed E-state index contributed by atoms with van der Waals surface area (Å²) < 4.78 is 5.98. The molecular weight excluding hydrogens is 340 g/mol. The molecule has 0 amide bonds. The van der Waals surface area contributed by atoms with Gasteiger partial charge in [0.05, 0.1) is 15.7 Å². The van der Waals surface area contributed by atoms with Gasteiger partial charge in [0.25, 0.3) is 0 Å². The lowest BCUT2D eigenvalue weighted by atomic mass is 10.2. The Hall–Kier alpha value is -1.07. The molecule has 0 aliphatic carbocycles. The topological polar surface area (TPSA) is 46.5 Å². The first-order valence-electron chi connectivity index (χ1n) is 4.27. The number of para-hydroxylation sites is 1. The van der Waals surface area contributed by atoms with Crippen LogP contribution in [0.25, 0.3) is 6.08 Å². The molecule has 3 nitrogen and oxygen atoms in total. The molecule has 0 heterocycles. The van der Waals surface area contributed by atoms with Crippen LogP contribution < -0.4 is 4.74 Å². The Labute approximate surface area is 110 Å². The lowest BCUT2D eigenvalue weighted by molar-refractivity contribution is -0.131. The van der Waals surface area contributed by atoms with Gasteiger partial charge in [-0.05, 0) is 44.0 Å². The number of carbonyl (C=O) groups is 1. The summed E-state index contributed by atoms with van der Waals surface area (Å²) in [7, 11) is 0. The van der Waals surface area contributed by atoms with Gasteiger partial charge in [-0.2, -0.15) is 0 Å². The van der Waals surface area contributed by atoms with Crippen LogP contribution in [0, 0.1) is 0 Å². The molecule has 0 spiro atoms. The minimum absolute atomic E-state index is 0.580. The molecule has 0 saturated carbocycles. The van der Waals surface area contributed by atoms with Crippen molar-refractivity contribution >= 4 is 43.9 Å². The van der Waals surface area contributed by atoms with Gasteiger partial charge in [0.1, 0.15) is 5.75 Å². The highest BCUT2D eigenvalue weighted by Gasteiger charge is 1.99. The Balaban J connectivity index is 2.87.